The third-order valence-corrected chi connectivity index (χ3v) is 5.98. The number of nitrogen functional groups attached to an aromatic ring is 1. The summed E-state index contributed by atoms with van der Waals surface area (Å²) in [6.45, 7) is 0.198. The van der Waals surface area contributed by atoms with E-state index in [2.05, 4.69) is 15.6 Å². The number of aliphatic imine (C=N–C) groups is 1. The van der Waals surface area contributed by atoms with Gasteiger partial charge in [0.15, 0.2) is 5.96 Å². The number of fused-ring (bicyclic) bond motifs is 1. The van der Waals surface area contributed by atoms with Gasteiger partial charge in [0.2, 0.25) is 5.78 Å². The summed E-state index contributed by atoms with van der Waals surface area (Å²) in [4.78, 5) is 68.8. The number of hydrogen-bond donors (Lipinski definition) is 9. The Bertz CT molecular complexity index is 1670. The van der Waals surface area contributed by atoms with E-state index >= 15 is 0 Å². The van der Waals surface area contributed by atoms with Crippen LogP contribution in [0.5, 0.6) is 5.75 Å². The molecule has 2 aromatic rings. The van der Waals surface area contributed by atoms with Crippen molar-refractivity contribution in [3.63, 3.8) is 0 Å². The summed E-state index contributed by atoms with van der Waals surface area (Å²) in [7, 11) is 0. The highest BCUT2D eigenvalue weighted by molar-refractivity contribution is 6.33. The SMILES string of the molecule is N=C(N)c1ccc(CC(=O)C(=O)O)c(OC[C@@H](CCC(=O)O)NC(=O)c2ccc3c(c2)CNC(N)=N3)c1.O=C(O)C(F)(F)F.O=C(O)C(F)(F)F. The number of carbonyl (C=O) groups is 6. The zero-order valence-electron chi connectivity index (χ0n) is 25.6. The van der Waals surface area contributed by atoms with Gasteiger partial charge in [-0.3, -0.25) is 19.8 Å². The normalized spacial score (nSPS) is 12.4. The molecule has 0 aromatic heterocycles. The van der Waals surface area contributed by atoms with Crippen molar-refractivity contribution in [2.75, 3.05) is 6.61 Å². The number of amidine groups is 1. The molecule has 0 saturated carbocycles. The van der Waals surface area contributed by atoms with E-state index in [-0.39, 0.29) is 48.1 Å². The predicted molar refractivity (Wildman–Crippen MR) is 159 cm³/mol. The van der Waals surface area contributed by atoms with Crippen LogP contribution in [0.15, 0.2) is 41.4 Å². The molecule has 1 atom stereocenters. The lowest BCUT2D eigenvalue weighted by Crippen LogP contribution is -2.40. The van der Waals surface area contributed by atoms with Gasteiger partial charge in [0.25, 0.3) is 5.91 Å². The maximum absolute atomic E-state index is 12.9. The maximum atomic E-state index is 12.9. The number of ketones is 1. The minimum Gasteiger partial charge on any atom is -0.491 e. The number of nitrogens with zero attached hydrogens (tertiary/aromatic N) is 1. The zero-order chi connectivity index (χ0) is 39.3. The lowest BCUT2D eigenvalue weighted by molar-refractivity contribution is -0.193. The summed E-state index contributed by atoms with van der Waals surface area (Å²) in [5.41, 5.74) is 13.4. The Morgan fingerprint density at radius 3 is 1.96 bits per heavy atom. The lowest BCUT2D eigenvalue weighted by atomic mass is 10.0. The van der Waals surface area contributed by atoms with E-state index in [1.54, 1.807) is 18.2 Å². The van der Waals surface area contributed by atoms with Crippen molar-refractivity contribution in [3.05, 3.63) is 58.7 Å². The number of ether oxygens (including phenoxy) is 1. The number of alkyl halides is 6. The largest absolute Gasteiger partial charge is 0.491 e. The fraction of sp³-hybridized carbons (Fsp3) is 0.286. The molecule has 0 aliphatic carbocycles. The van der Waals surface area contributed by atoms with E-state index < -0.39 is 60.4 Å². The maximum Gasteiger partial charge on any atom is 0.490 e. The number of hydrogen-bond acceptors (Lipinski definition) is 11. The number of halogens is 6. The van der Waals surface area contributed by atoms with E-state index in [4.69, 9.17) is 51.6 Å². The highest BCUT2D eigenvalue weighted by Crippen LogP contribution is 2.24. The van der Waals surface area contributed by atoms with Crippen LogP contribution < -0.4 is 26.8 Å². The van der Waals surface area contributed by atoms with Crippen molar-refractivity contribution in [1.82, 2.24) is 10.6 Å². The van der Waals surface area contributed by atoms with Gasteiger partial charge in [-0.05, 0) is 36.2 Å². The molecule has 0 fully saturated rings. The van der Waals surface area contributed by atoms with Gasteiger partial charge in [-0.1, -0.05) is 12.1 Å². The van der Waals surface area contributed by atoms with Crippen LogP contribution in [0.2, 0.25) is 0 Å². The first-order valence-electron chi connectivity index (χ1n) is 13.6. The molecule has 1 aliphatic heterocycles. The van der Waals surface area contributed by atoms with E-state index in [9.17, 15) is 45.5 Å². The summed E-state index contributed by atoms with van der Waals surface area (Å²) in [5, 5.41) is 45.6. The van der Waals surface area contributed by atoms with Gasteiger partial charge in [-0.15, -0.1) is 0 Å². The Morgan fingerprint density at radius 2 is 1.47 bits per heavy atom. The molecular formula is C28H28F6N6O11. The molecule has 3 rings (SSSR count). The second kappa shape index (κ2) is 18.4. The van der Waals surface area contributed by atoms with Gasteiger partial charge in [-0.2, -0.15) is 26.3 Å². The number of Topliss-reactive ketones (excluding diaryl/α,β-unsaturated/α-hetero) is 1. The van der Waals surface area contributed by atoms with Crippen LogP contribution in [0.25, 0.3) is 0 Å². The average molecular weight is 739 g/mol. The molecule has 1 aliphatic rings. The number of amides is 1. The molecule has 2 aromatic carbocycles. The fourth-order valence-electron chi connectivity index (χ4n) is 3.54. The van der Waals surface area contributed by atoms with Crippen molar-refractivity contribution >= 4 is 53.1 Å². The van der Waals surface area contributed by atoms with Gasteiger partial charge in [-0.25, -0.2) is 19.4 Å². The summed E-state index contributed by atoms with van der Waals surface area (Å²) in [6, 6.07) is 8.37. The molecule has 0 unspecified atom stereocenters. The number of benzene rings is 2. The van der Waals surface area contributed by atoms with Crippen LogP contribution in [0.1, 0.15) is 39.9 Å². The Hall–Kier alpha value is -6.42. The lowest BCUT2D eigenvalue weighted by Gasteiger charge is -2.21. The number of carbonyl (C=O) groups excluding carboxylic acids is 2. The second-order valence-corrected chi connectivity index (χ2v) is 9.85. The first kappa shape index (κ1) is 42.6. The molecule has 0 spiro atoms. The topological polar surface area (TPSA) is 305 Å². The quantitative estimate of drug-likeness (QED) is 0.0646. The molecular weight excluding hydrogens is 710 g/mol. The smallest absolute Gasteiger partial charge is 0.490 e. The number of nitrogens with one attached hydrogen (secondary N) is 3. The minimum absolute atomic E-state index is 0.0319. The summed E-state index contributed by atoms with van der Waals surface area (Å²) in [5.74, 6) is -9.64. The molecule has 0 radical (unpaired) electrons. The third kappa shape index (κ3) is 15.1. The predicted octanol–water partition coefficient (Wildman–Crippen LogP) is 1.53. The Balaban J connectivity index is 0.000000780. The third-order valence-electron chi connectivity index (χ3n) is 5.98. The van der Waals surface area contributed by atoms with Crippen LogP contribution in [-0.2, 0) is 36.9 Å². The summed E-state index contributed by atoms with van der Waals surface area (Å²) < 4.78 is 69.3. The Morgan fingerprint density at radius 1 is 0.922 bits per heavy atom. The van der Waals surface area contributed by atoms with Gasteiger partial charge in [0.05, 0.1) is 11.7 Å². The fourth-order valence-corrected chi connectivity index (χ4v) is 3.54. The standard InChI is InChI=1S/C24H26N6O7.2C2HF3O2/c25-21(26)13-2-1-12(8-18(31)23(35)36)19(9-13)37-11-16(4-6-20(32)33)29-22(34)14-3-5-17-15(7-14)10-28-24(27)30-17;2*3-2(4,5)1(6)7/h1-3,5,7,9,16H,4,6,8,10-11H2,(H3,25,26)(H,29,34)(H,32,33)(H,35,36)(H3,27,28,30);2*(H,6,7)/t16-;;/m1../s1. The van der Waals surface area contributed by atoms with Crippen LogP contribution in [0, 0.1) is 5.41 Å². The first-order valence-corrected chi connectivity index (χ1v) is 13.6. The number of carboxylic acids is 4. The van der Waals surface area contributed by atoms with Gasteiger partial charge < -0.3 is 47.3 Å². The van der Waals surface area contributed by atoms with Crippen LogP contribution in [0.3, 0.4) is 0 Å². The summed E-state index contributed by atoms with van der Waals surface area (Å²) >= 11 is 0. The van der Waals surface area contributed by atoms with Crippen molar-refractivity contribution in [1.29, 1.82) is 5.41 Å². The van der Waals surface area contributed by atoms with E-state index in [1.165, 1.54) is 18.2 Å². The van der Waals surface area contributed by atoms with E-state index in [0.717, 1.165) is 5.56 Å². The molecule has 11 N–H and O–H groups in total. The number of nitrogens with two attached hydrogens (primary N) is 2. The number of guanidine groups is 1. The van der Waals surface area contributed by atoms with Gasteiger partial charge >= 0.3 is 36.2 Å². The molecule has 0 saturated heterocycles. The molecule has 1 heterocycles. The van der Waals surface area contributed by atoms with Crippen molar-refractivity contribution in [2.24, 2.45) is 16.5 Å². The van der Waals surface area contributed by atoms with Gasteiger partial charge in [0.1, 0.15) is 18.2 Å². The number of aliphatic carboxylic acids is 4. The van der Waals surface area contributed by atoms with Crippen LogP contribution in [0.4, 0.5) is 32.0 Å². The molecule has 278 valence electrons. The molecule has 51 heavy (non-hydrogen) atoms. The highest BCUT2D eigenvalue weighted by Gasteiger charge is 2.39. The van der Waals surface area contributed by atoms with Crippen molar-refractivity contribution in [3.8, 4) is 5.75 Å². The second-order valence-electron chi connectivity index (χ2n) is 9.85. The Kier molecular flexibility index (Phi) is 15.3. The van der Waals surface area contributed by atoms with Crippen LogP contribution in [-0.4, -0.2) is 92.8 Å². The molecule has 0 bridgehead atoms. The van der Waals surface area contributed by atoms with Crippen molar-refractivity contribution < 1.29 is 80.3 Å². The Labute approximate surface area is 281 Å². The van der Waals surface area contributed by atoms with Crippen molar-refractivity contribution in [2.45, 2.75) is 44.2 Å². The molecule has 23 heteroatoms. The summed E-state index contributed by atoms with van der Waals surface area (Å²) in [6.07, 6.45) is -10.9. The highest BCUT2D eigenvalue weighted by atomic mass is 19.4. The monoisotopic (exact) mass is 738 g/mol. The zero-order valence-corrected chi connectivity index (χ0v) is 25.6. The molecule has 17 nitrogen and oxygen atoms in total. The van der Waals surface area contributed by atoms with E-state index in [0.29, 0.717) is 17.8 Å². The first-order chi connectivity index (χ1) is 23.4. The molecule has 1 amide bonds. The number of rotatable bonds is 12. The van der Waals surface area contributed by atoms with Crippen LogP contribution >= 0.6 is 0 Å². The number of carboxylic acid groups (broad SMARTS) is 4. The van der Waals surface area contributed by atoms with E-state index in [1.807, 2.05) is 0 Å². The minimum atomic E-state index is -5.08. The van der Waals surface area contributed by atoms with Gasteiger partial charge in [0, 0.05) is 36.1 Å². The average Bonchev–Trinajstić information content (AvgIpc) is 3.01.